The van der Waals surface area contributed by atoms with Gasteiger partial charge in [0.25, 0.3) is 17.7 Å². The number of likely N-dealkylation sites (N-methyl/N-ethyl adjacent to an activating group) is 1. The number of nitrogens with zero attached hydrogens (tertiary/aromatic N) is 1. The van der Waals surface area contributed by atoms with Gasteiger partial charge in [-0.05, 0) is 30.3 Å². The molecule has 0 bridgehead atoms. The molecule has 0 saturated carbocycles. The largest absolute Gasteiger partial charge is 0.483 e. The SMILES string of the molecule is CNC(=O)COc1cc(C#N)ccc1CNC(=O)c1cc(Cl)cc(C(=O)NCCO)c1. The van der Waals surface area contributed by atoms with Crippen molar-refractivity contribution in [3.05, 3.63) is 63.7 Å². The topological polar surface area (TPSA) is 141 Å². The highest BCUT2D eigenvalue weighted by Gasteiger charge is 2.14. The first-order chi connectivity index (χ1) is 14.9. The molecule has 0 fully saturated rings. The van der Waals surface area contributed by atoms with Gasteiger partial charge in [-0.2, -0.15) is 5.26 Å². The van der Waals surface area contributed by atoms with Crippen molar-refractivity contribution in [3.8, 4) is 11.8 Å². The van der Waals surface area contributed by atoms with E-state index in [1.54, 1.807) is 12.1 Å². The van der Waals surface area contributed by atoms with Crippen molar-refractivity contribution in [2.24, 2.45) is 0 Å². The number of nitrogens with one attached hydrogen (secondary N) is 3. The standard InChI is InChI=1S/C21H21ClN4O5/c1-24-19(28)12-31-18-6-13(10-23)2-3-14(18)11-26-21(30)16-7-15(8-17(22)9-16)20(29)25-4-5-27/h2-3,6-9,27H,4-5,11-12H2,1H3,(H,24,28)(H,25,29)(H,26,30). The van der Waals surface area contributed by atoms with Gasteiger partial charge < -0.3 is 25.8 Å². The number of carbonyl (C=O) groups excluding carboxylic acids is 3. The van der Waals surface area contributed by atoms with E-state index in [9.17, 15) is 14.4 Å². The molecule has 2 aromatic carbocycles. The third-order valence-corrected chi connectivity index (χ3v) is 4.31. The fraction of sp³-hybridized carbons (Fsp3) is 0.238. The van der Waals surface area contributed by atoms with Crippen molar-refractivity contribution < 1.29 is 24.2 Å². The number of aliphatic hydroxyl groups excluding tert-OH is 1. The smallest absolute Gasteiger partial charge is 0.257 e. The lowest BCUT2D eigenvalue weighted by molar-refractivity contribution is -0.122. The maximum atomic E-state index is 12.6. The number of rotatable bonds is 9. The maximum Gasteiger partial charge on any atom is 0.257 e. The molecule has 0 unspecified atom stereocenters. The van der Waals surface area contributed by atoms with Crippen LogP contribution >= 0.6 is 11.6 Å². The predicted octanol–water partition coefficient (Wildman–Crippen LogP) is 0.989. The number of hydrogen-bond acceptors (Lipinski definition) is 6. The maximum absolute atomic E-state index is 12.6. The highest BCUT2D eigenvalue weighted by atomic mass is 35.5. The van der Waals surface area contributed by atoms with Gasteiger partial charge in [-0.15, -0.1) is 0 Å². The molecule has 4 N–H and O–H groups in total. The Morgan fingerprint density at radius 2 is 1.77 bits per heavy atom. The molecule has 3 amide bonds. The summed E-state index contributed by atoms with van der Waals surface area (Å²) in [6.07, 6.45) is 0. The molecule has 0 aliphatic carbocycles. The van der Waals surface area contributed by atoms with Crippen LogP contribution in [0.5, 0.6) is 5.75 Å². The van der Waals surface area contributed by atoms with Gasteiger partial charge >= 0.3 is 0 Å². The van der Waals surface area contributed by atoms with E-state index in [1.807, 2.05) is 6.07 Å². The summed E-state index contributed by atoms with van der Waals surface area (Å²) in [7, 11) is 1.47. The third kappa shape index (κ3) is 6.99. The second-order valence-corrected chi connectivity index (χ2v) is 6.72. The van der Waals surface area contributed by atoms with Gasteiger partial charge in [0, 0.05) is 41.9 Å². The van der Waals surface area contributed by atoms with Crippen molar-refractivity contribution in [3.63, 3.8) is 0 Å². The van der Waals surface area contributed by atoms with Crippen molar-refractivity contribution in [1.29, 1.82) is 5.26 Å². The minimum absolute atomic E-state index is 0.0478. The molecule has 0 aliphatic heterocycles. The third-order valence-electron chi connectivity index (χ3n) is 4.09. The number of carbonyl (C=O) groups is 3. The molecule has 0 aliphatic rings. The predicted molar refractivity (Wildman–Crippen MR) is 113 cm³/mol. The average Bonchev–Trinajstić information content (AvgIpc) is 2.78. The van der Waals surface area contributed by atoms with Crippen LogP contribution in [0.3, 0.4) is 0 Å². The number of benzene rings is 2. The van der Waals surface area contributed by atoms with E-state index in [0.717, 1.165) is 0 Å². The van der Waals surface area contributed by atoms with Gasteiger partial charge in [-0.1, -0.05) is 17.7 Å². The molecule has 31 heavy (non-hydrogen) atoms. The first-order valence-corrected chi connectivity index (χ1v) is 9.60. The van der Waals surface area contributed by atoms with Gasteiger partial charge in [-0.3, -0.25) is 14.4 Å². The lowest BCUT2D eigenvalue weighted by Gasteiger charge is -2.13. The highest BCUT2D eigenvalue weighted by Crippen LogP contribution is 2.21. The van der Waals surface area contributed by atoms with Crippen LogP contribution in [0.1, 0.15) is 31.8 Å². The Balaban J connectivity index is 2.15. The Morgan fingerprint density at radius 3 is 2.39 bits per heavy atom. The lowest BCUT2D eigenvalue weighted by atomic mass is 10.1. The molecular weight excluding hydrogens is 424 g/mol. The molecule has 0 radical (unpaired) electrons. The Kier molecular flexibility index (Phi) is 8.81. The quantitative estimate of drug-likeness (QED) is 0.454. The first-order valence-electron chi connectivity index (χ1n) is 9.22. The first kappa shape index (κ1) is 23.7. The summed E-state index contributed by atoms with van der Waals surface area (Å²) < 4.78 is 5.47. The van der Waals surface area contributed by atoms with Crippen molar-refractivity contribution in [1.82, 2.24) is 16.0 Å². The van der Waals surface area contributed by atoms with E-state index in [-0.39, 0.29) is 54.1 Å². The molecule has 0 atom stereocenters. The zero-order valence-electron chi connectivity index (χ0n) is 16.7. The van der Waals surface area contributed by atoms with Crippen LogP contribution < -0.4 is 20.7 Å². The van der Waals surface area contributed by atoms with E-state index in [4.69, 9.17) is 26.7 Å². The molecule has 9 nitrogen and oxygen atoms in total. The number of amides is 3. The van der Waals surface area contributed by atoms with Crippen LogP contribution in [0.15, 0.2) is 36.4 Å². The summed E-state index contributed by atoms with van der Waals surface area (Å²) in [5, 5.41) is 25.7. The summed E-state index contributed by atoms with van der Waals surface area (Å²) in [5.74, 6) is -1.01. The fourth-order valence-electron chi connectivity index (χ4n) is 2.52. The molecule has 2 rings (SSSR count). The van der Waals surface area contributed by atoms with Crippen LogP contribution in [0.25, 0.3) is 0 Å². The van der Waals surface area contributed by atoms with E-state index in [1.165, 1.54) is 31.3 Å². The fourth-order valence-corrected chi connectivity index (χ4v) is 2.76. The number of hydrogen-bond donors (Lipinski definition) is 4. The molecular formula is C21H21ClN4O5. The van der Waals surface area contributed by atoms with E-state index in [0.29, 0.717) is 11.1 Å². The van der Waals surface area contributed by atoms with Gasteiger partial charge in [-0.25, -0.2) is 0 Å². The van der Waals surface area contributed by atoms with Gasteiger partial charge in [0.05, 0.1) is 18.2 Å². The van der Waals surface area contributed by atoms with Crippen molar-refractivity contribution >= 4 is 29.3 Å². The zero-order chi connectivity index (χ0) is 22.8. The van der Waals surface area contributed by atoms with Crippen LogP contribution in [0.2, 0.25) is 5.02 Å². The molecule has 10 heteroatoms. The zero-order valence-corrected chi connectivity index (χ0v) is 17.5. The van der Waals surface area contributed by atoms with Gasteiger partial charge in [0.15, 0.2) is 6.61 Å². The minimum Gasteiger partial charge on any atom is -0.483 e. The van der Waals surface area contributed by atoms with Crippen LogP contribution in [0, 0.1) is 11.3 Å². The Labute approximate surface area is 184 Å². The number of aliphatic hydroxyl groups is 1. The Bertz CT molecular complexity index is 1020. The Hall–Kier alpha value is -3.61. The van der Waals surface area contributed by atoms with Gasteiger partial charge in [0.2, 0.25) is 0 Å². The number of ether oxygens (including phenoxy) is 1. The monoisotopic (exact) mass is 444 g/mol. The average molecular weight is 445 g/mol. The normalized spacial score (nSPS) is 10.0. The molecule has 162 valence electrons. The summed E-state index contributed by atoms with van der Waals surface area (Å²) in [5.41, 5.74) is 1.25. The molecule has 0 saturated heterocycles. The van der Waals surface area contributed by atoms with Crippen LogP contribution in [-0.2, 0) is 11.3 Å². The molecule has 0 heterocycles. The Morgan fingerprint density at radius 1 is 1.10 bits per heavy atom. The van der Waals surface area contributed by atoms with E-state index >= 15 is 0 Å². The van der Waals surface area contributed by atoms with Crippen LogP contribution in [0.4, 0.5) is 0 Å². The van der Waals surface area contributed by atoms with Crippen molar-refractivity contribution in [2.75, 3.05) is 26.8 Å². The molecule has 0 aromatic heterocycles. The summed E-state index contributed by atoms with van der Waals surface area (Å²) >= 11 is 6.03. The summed E-state index contributed by atoms with van der Waals surface area (Å²) in [6.45, 7) is -0.335. The second kappa shape index (κ2) is 11.5. The minimum atomic E-state index is -0.486. The number of halogens is 1. The highest BCUT2D eigenvalue weighted by molar-refractivity contribution is 6.31. The van der Waals surface area contributed by atoms with Crippen LogP contribution in [-0.4, -0.2) is 49.6 Å². The lowest BCUT2D eigenvalue weighted by Crippen LogP contribution is -2.28. The van der Waals surface area contributed by atoms with E-state index < -0.39 is 11.8 Å². The summed E-state index contributed by atoms with van der Waals surface area (Å²) in [4.78, 5) is 36.1. The van der Waals surface area contributed by atoms with Crippen molar-refractivity contribution in [2.45, 2.75) is 6.54 Å². The number of nitriles is 1. The van der Waals surface area contributed by atoms with E-state index in [2.05, 4.69) is 16.0 Å². The second-order valence-electron chi connectivity index (χ2n) is 6.29. The summed E-state index contributed by atoms with van der Waals surface area (Å²) in [6, 6.07) is 10.9. The molecule has 0 spiro atoms. The van der Waals surface area contributed by atoms with Gasteiger partial charge in [0.1, 0.15) is 5.75 Å². The molecule has 2 aromatic rings.